The summed E-state index contributed by atoms with van der Waals surface area (Å²) in [4.78, 5) is 0. The number of hydrogen-bond donors (Lipinski definition) is 2. The highest BCUT2D eigenvalue weighted by Crippen LogP contribution is 2.04. The predicted octanol–water partition coefficient (Wildman–Crippen LogP) is 0.594. The van der Waals surface area contributed by atoms with Crippen molar-refractivity contribution in [1.82, 2.24) is 10.6 Å². The molecule has 0 aromatic carbocycles. The monoisotopic (exact) mass is 130 g/mol. The van der Waals surface area contributed by atoms with E-state index < -0.39 is 0 Å². The van der Waals surface area contributed by atoms with Gasteiger partial charge in [0.15, 0.2) is 0 Å². The average molecular weight is 130 g/mol. The van der Waals surface area contributed by atoms with Crippen LogP contribution >= 0.6 is 0 Å². The molecule has 0 aromatic heterocycles. The average Bonchev–Trinajstić information content (AvgIpc) is 1.84. The van der Waals surface area contributed by atoms with Crippen molar-refractivity contribution in [2.75, 3.05) is 20.6 Å². The minimum absolute atomic E-state index is 0.281. The summed E-state index contributed by atoms with van der Waals surface area (Å²) in [7, 11) is 3.97. The molecule has 0 aliphatic carbocycles. The fourth-order valence-corrected chi connectivity index (χ4v) is 0.562. The maximum Gasteiger partial charge on any atom is 0.0134 e. The van der Waals surface area contributed by atoms with E-state index in [1.54, 1.807) is 0 Å². The summed E-state index contributed by atoms with van der Waals surface area (Å²) in [5.74, 6) is 0. The first-order valence-corrected chi connectivity index (χ1v) is 3.46. The topological polar surface area (TPSA) is 24.1 Å². The lowest BCUT2D eigenvalue weighted by molar-refractivity contribution is 0.388. The lowest BCUT2D eigenvalue weighted by Gasteiger charge is -2.23. The van der Waals surface area contributed by atoms with E-state index in [2.05, 4.69) is 24.5 Å². The molecule has 0 spiro atoms. The summed E-state index contributed by atoms with van der Waals surface area (Å²) in [5, 5.41) is 6.35. The van der Waals surface area contributed by atoms with E-state index >= 15 is 0 Å². The van der Waals surface area contributed by atoms with Gasteiger partial charge >= 0.3 is 0 Å². The van der Waals surface area contributed by atoms with Gasteiger partial charge in [0.2, 0.25) is 0 Å². The molecule has 2 N–H and O–H groups in total. The Morgan fingerprint density at radius 3 is 2.11 bits per heavy atom. The maximum atomic E-state index is 3.24. The van der Waals surface area contributed by atoms with Gasteiger partial charge in [-0.15, -0.1) is 0 Å². The molecule has 0 unspecified atom stereocenters. The zero-order chi connectivity index (χ0) is 7.33. The summed E-state index contributed by atoms with van der Waals surface area (Å²) >= 11 is 0. The van der Waals surface area contributed by atoms with Crippen LogP contribution in [0.4, 0.5) is 0 Å². The van der Waals surface area contributed by atoms with Gasteiger partial charge in [-0.3, -0.25) is 0 Å². The highest BCUT2D eigenvalue weighted by atomic mass is 14.9. The van der Waals surface area contributed by atoms with Crippen molar-refractivity contribution in [3.8, 4) is 0 Å². The Morgan fingerprint density at radius 1 is 1.22 bits per heavy atom. The smallest absolute Gasteiger partial charge is 0.0134 e. The molecule has 0 aliphatic heterocycles. The van der Waals surface area contributed by atoms with E-state index in [9.17, 15) is 0 Å². The molecule has 56 valence electrons. The Hall–Kier alpha value is -0.0800. The van der Waals surface area contributed by atoms with Gasteiger partial charge in [-0.25, -0.2) is 0 Å². The fourth-order valence-electron chi connectivity index (χ4n) is 0.562. The van der Waals surface area contributed by atoms with Crippen molar-refractivity contribution in [3.63, 3.8) is 0 Å². The Kier molecular flexibility index (Phi) is 3.82. The summed E-state index contributed by atoms with van der Waals surface area (Å²) in [6.45, 7) is 5.47. The second-order valence-corrected chi connectivity index (χ2v) is 2.99. The Bertz CT molecular complexity index is 69.3. The van der Waals surface area contributed by atoms with E-state index in [0.29, 0.717) is 0 Å². The molecular weight excluding hydrogens is 112 g/mol. The van der Waals surface area contributed by atoms with E-state index in [0.717, 1.165) is 6.54 Å². The van der Waals surface area contributed by atoms with E-state index in [-0.39, 0.29) is 5.54 Å². The molecule has 0 radical (unpaired) electrons. The highest BCUT2D eigenvalue weighted by molar-refractivity contribution is 4.75. The molecule has 0 bridgehead atoms. The minimum atomic E-state index is 0.281. The molecular formula is C7H18N2. The summed E-state index contributed by atoms with van der Waals surface area (Å²) in [5.41, 5.74) is 0.281. The van der Waals surface area contributed by atoms with Gasteiger partial charge in [0.25, 0.3) is 0 Å². The van der Waals surface area contributed by atoms with Crippen molar-refractivity contribution in [3.05, 3.63) is 0 Å². The second-order valence-electron chi connectivity index (χ2n) is 2.99. The number of hydrogen-bond acceptors (Lipinski definition) is 2. The van der Waals surface area contributed by atoms with Crippen LogP contribution in [0.15, 0.2) is 0 Å². The third kappa shape index (κ3) is 4.43. The van der Waals surface area contributed by atoms with Crippen LogP contribution in [0.5, 0.6) is 0 Å². The molecule has 2 heteroatoms. The van der Waals surface area contributed by atoms with Crippen LogP contribution in [0, 0.1) is 0 Å². The van der Waals surface area contributed by atoms with Crippen molar-refractivity contribution >= 4 is 0 Å². The zero-order valence-electron chi connectivity index (χ0n) is 6.91. The lowest BCUT2D eigenvalue weighted by atomic mass is 10.0. The van der Waals surface area contributed by atoms with Gasteiger partial charge in [-0.05, 0) is 40.9 Å². The van der Waals surface area contributed by atoms with Gasteiger partial charge in [0, 0.05) is 5.54 Å². The SMILES string of the molecule is CNCCC(C)(C)NC. The second kappa shape index (κ2) is 3.85. The molecule has 0 aliphatic rings. The molecule has 0 saturated carbocycles. The first-order valence-electron chi connectivity index (χ1n) is 3.46. The van der Waals surface area contributed by atoms with Gasteiger partial charge in [-0.2, -0.15) is 0 Å². The largest absolute Gasteiger partial charge is 0.320 e. The lowest BCUT2D eigenvalue weighted by Crippen LogP contribution is -2.38. The van der Waals surface area contributed by atoms with Crippen LogP contribution in [0.1, 0.15) is 20.3 Å². The normalized spacial score (nSPS) is 12.0. The minimum Gasteiger partial charge on any atom is -0.320 e. The van der Waals surface area contributed by atoms with Crippen LogP contribution in [0.25, 0.3) is 0 Å². The van der Waals surface area contributed by atoms with Crippen molar-refractivity contribution in [1.29, 1.82) is 0 Å². The Morgan fingerprint density at radius 2 is 1.78 bits per heavy atom. The van der Waals surface area contributed by atoms with Gasteiger partial charge in [-0.1, -0.05) is 0 Å². The summed E-state index contributed by atoms with van der Waals surface area (Å²) in [6.07, 6.45) is 1.17. The molecule has 0 saturated heterocycles. The van der Waals surface area contributed by atoms with Crippen LogP contribution in [-0.2, 0) is 0 Å². The molecule has 0 fully saturated rings. The maximum absolute atomic E-state index is 3.24. The molecule has 0 rings (SSSR count). The summed E-state index contributed by atoms with van der Waals surface area (Å²) in [6, 6.07) is 0. The quantitative estimate of drug-likeness (QED) is 0.582. The van der Waals surface area contributed by atoms with Crippen LogP contribution in [0.3, 0.4) is 0 Å². The molecule has 0 atom stereocenters. The summed E-state index contributed by atoms with van der Waals surface area (Å²) < 4.78 is 0. The van der Waals surface area contributed by atoms with Crippen molar-refractivity contribution in [2.45, 2.75) is 25.8 Å². The molecule has 0 aromatic rings. The molecule has 9 heavy (non-hydrogen) atoms. The predicted molar refractivity (Wildman–Crippen MR) is 41.7 cm³/mol. The van der Waals surface area contributed by atoms with E-state index in [4.69, 9.17) is 0 Å². The first kappa shape index (κ1) is 8.92. The Labute approximate surface area is 58.0 Å². The zero-order valence-corrected chi connectivity index (χ0v) is 6.91. The Balaban J connectivity index is 3.33. The van der Waals surface area contributed by atoms with Gasteiger partial charge in [0.1, 0.15) is 0 Å². The van der Waals surface area contributed by atoms with Crippen molar-refractivity contribution in [2.24, 2.45) is 0 Å². The van der Waals surface area contributed by atoms with Crippen LogP contribution in [-0.4, -0.2) is 26.2 Å². The first-order chi connectivity index (χ1) is 4.12. The van der Waals surface area contributed by atoms with Crippen molar-refractivity contribution < 1.29 is 0 Å². The van der Waals surface area contributed by atoms with Gasteiger partial charge in [0.05, 0.1) is 0 Å². The fraction of sp³-hybridized carbons (Fsp3) is 1.00. The standard InChI is InChI=1S/C7H18N2/c1-7(2,9-4)5-6-8-3/h8-9H,5-6H2,1-4H3. The van der Waals surface area contributed by atoms with Crippen LogP contribution in [0.2, 0.25) is 0 Å². The number of rotatable bonds is 4. The van der Waals surface area contributed by atoms with Crippen LogP contribution < -0.4 is 10.6 Å². The van der Waals surface area contributed by atoms with E-state index in [1.807, 2.05) is 14.1 Å². The molecule has 2 nitrogen and oxygen atoms in total. The third-order valence-corrected chi connectivity index (χ3v) is 1.68. The van der Waals surface area contributed by atoms with Gasteiger partial charge < -0.3 is 10.6 Å². The highest BCUT2D eigenvalue weighted by Gasteiger charge is 2.12. The van der Waals surface area contributed by atoms with E-state index in [1.165, 1.54) is 6.42 Å². The number of nitrogens with one attached hydrogen (secondary N) is 2. The molecule has 0 amide bonds. The third-order valence-electron chi connectivity index (χ3n) is 1.68. The molecule has 0 heterocycles.